The van der Waals surface area contributed by atoms with Crippen LogP contribution in [-0.4, -0.2) is 30.6 Å². The minimum Gasteiger partial charge on any atom is -0.308 e. The van der Waals surface area contributed by atoms with Crippen LogP contribution in [0.25, 0.3) is 0 Å². The van der Waals surface area contributed by atoms with Crippen molar-refractivity contribution in [3.63, 3.8) is 0 Å². The molecule has 0 amide bonds. The number of benzene rings is 1. The monoisotopic (exact) mass is 252 g/mol. The van der Waals surface area contributed by atoms with Crippen LogP contribution in [0.15, 0.2) is 18.2 Å². The van der Waals surface area contributed by atoms with Crippen molar-refractivity contribution in [2.24, 2.45) is 5.92 Å². The maximum absolute atomic E-state index is 13.1. The molecule has 2 bridgehead atoms. The number of piperidine rings is 3. The van der Waals surface area contributed by atoms with Crippen LogP contribution in [0.4, 0.5) is 8.78 Å². The molecular formula is C14H18F2N2. The first kappa shape index (κ1) is 12.1. The van der Waals surface area contributed by atoms with Crippen LogP contribution in [0.1, 0.15) is 18.4 Å². The topological polar surface area (TPSA) is 15.3 Å². The van der Waals surface area contributed by atoms with Gasteiger partial charge in [-0.05, 0) is 49.5 Å². The molecule has 18 heavy (non-hydrogen) atoms. The number of rotatable bonds is 3. The summed E-state index contributed by atoms with van der Waals surface area (Å²) in [7, 11) is 0. The van der Waals surface area contributed by atoms with Crippen molar-refractivity contribution >= 4 is 0 Å². The molecule has 3 aliphatic heterocycles. The second-order valence-electron chi connectivity index (χ2n) is 5.37. The Morgan fingerprint density at radius 3 is 2.56 bits per heavy atom. The molecule has 4 heteroatoms. The molecule has 1 aromatic rings. The van der Waals surface area contributed by atoms with Gasteiger partial charge in [-0.1, -0.05) is 6.07 Å². The van der Waals surface area contributed by atoms with Crippen molar-refractivity contribution < 1.29 is 8.78 Å². The van der Waals surface area contributed by atoms with Gasteiger partial charge in [-0.3, -0.25) is 0 Å². The van der Waals surface area contributed by atoms with E-state index < -0.39 is 11.6 Å². The summed E-state index contributed by atoms with van der Waals surface area (Å²) in [5.74, 6) is -0.787. The summed E-state index contributed by atoms with van der Waals surface area (Å²) in [6, 6.07) is 4.62. The van der Waals surface area contributed by atoms with Crippen LogP contribution < -0.4 is 5.32 Å². The molecule has 3 heterocycles. The lowest BCUT2D eigenvalue weighted by atomic mass is 9.84. The third-order valence-electron chi connectivity index (χ3n) is 4.21. The molecule has 3 fully saturated rings. The summed E-state index contributed by atoms with van der Waals surface area (Å²) in [6.07, 6.45) is 2.52. The van der Waals surface area contributed by atoms with Crippen LogP contribution in [0.2, 0.25) is 0 Å². The first-order valence-corrected chi connectivity index (χ1v) is 6.62. The summed E-state index contributed by atoms with van der Waals surface area (Å²) in [6.45, 7) is 4.14. The van der Waals surface area contributed by atoms with Crippen molar-refractivity contribution in [3.05, 3.63) is 35.4 Å². The largest absolute Gasteiger partial charge is 0.308 e. The highest BCUT2D eigenvalue weighted by Crippen LogP contribution is 2.27. The minimum absolute atomic E-state index is 0.501. The van der Waals surface area contributed by atoms with Crippen LogP contribution in [0, 0.1) is 17.6 Å². The molecule has 2 nitrogen and oxygen atoms in total. The van der Waals surface area contributed by atoms with Crippen molar-refractivity contribution in [2.45, 2.75) is 25.4 Å². The number of halogens is 2. The molecule has 0 saturated carbocycles. The third-order valence-corrected chi connectivity index (χ3v) is 4.21. The highest BCUT2D eigenvalue weighted by atomic mass is 19.2. The van der Waals surface area contributed by atoms with E-state index in [0.717, 1.165) is 18.0 Å². The molecule has 1 N–H and O–H groups in total. The van der Waals surface area contributed by atoms with Gasteiger partial charge in [0, 0.05) is 19.1 Å². The molecule has 0 aliphatic carbocycles. The molecule has 0 aromatic heterocycles. The average Bonchev–Trinajstić information content (AvgIpc) is 2.41. The Hall–Kier alpha value is -1.00. The van der Waals surface area contributed by atoms with E-state index in [2.05, 4.69) is 10.2 Å². The Labute approximate surface area is 106 Å². The fourth-order valence-electron chi connectivity index (χ4n) is 3.09. The van der Waals surface area contributed by atoms with E-state index in [0.29, 0.717) is 12.6 Å². The number of hydrogen-bond acceptors (Lipinski definition) is 2. The van der Waals surface area contributed by atoms with Gasteiger partial charge in [0.25, 0.3) is 0 Å². The first-order chi connectivity index (χ1) is 8.72. The smallest absolute Gasteiger partial charge is 0.159 e. The van der Waals surface area contributed by atoms with Crippen molar-refractivity contribution in [1.29, 1.82) is 0 Å². The van der Waals surface area contributed by atoms with Gasteiger partial charge in [-0.25, -0.2) is 8.78 Å². The van der Waals surface area contributed by atoms with Gasteiger partial charge >= 0.3 is 0 Å². The Bertz CT molecular complexity index is 428. The molecule has 3 aliphatic rings. The molecule has 98 valence electrons. The van der Waals surface area contributed by atoms with E-state index in [9.17, 15) is 8.78 Å². The van der Waals surface area contributed by atoms with Crippen molar-refractivity contribution in [3.8, 4) is 0 Å². The zero-order valence-corrected chi connectivity index (χ0v) is 10.3. The maximum Gasteiger partial charge on any atom is 0.159 e. The van der Waals surface area contributed by atoms with Gasteiger partial charge in [0.2, 0.25) is 0 Å². The van der Waals surface area contributed by atoms with Gasteiger partial charge in [0.05, 0.1) is 0 Å². The van der Waals surface area contributed by atoms with Gasteiger partial charge in [-0.15, -0.1) is 0 Å². The molecule has 0 spiro atoms. The first-order valence-electron chi connectivity index (χ1n) is 6.62. The summed E-state index contributed by atoms with van der Waals surface area (Å²) < 4.78 is 25.9. The molecule has 1 atom stereocenters. The van der Waals surface area contributed by atoms with Crippen LogP contribution >= 0.6 is 0 Å². The lowest BCUT2D eigenvalue weighted by molar-refractivity contribution is 0.0720. The summed E-state index contributed by atoms with van der Waals surface area (Å²) >= 11 is 0. The SMILES string of the molecule is Fc1ccc(CNC2CN3CCC2CC3)cc1F. The van der Waals surface area contributed by atoms with E-state index >= 15 is 0 Å². The van der Waals surface area contributed by atoms with E-state index in [-0.39, 0.29) is 0 Å². The standard InChI is InChI=1S/C14H18F2N2/c15-12-2-1-10(7-13(12)16)8-17-14-9-18-5-3-11(14)4-6-18/h1-2,7,11,14,17H,3-6,8-9H2. The zero-order chi connectivity index (χ0) is 12.5. The minimum atomic E-state index is -0.776. The molecule has 4 rings (SSSR count). The molecule has 1 unspecified atom stereocenters. The number of fused-ring (bicyclic) bond motifs is 3. The number of hydrogen-bond donors (Lipinski definition) is 1. The molecule has 1 aromatic carbocycles. The van der Waals surface area contributed by atoms with Gasteiger partial charge in [0.1, 0.15) is 0 Å². The van der Waals surface area contributed by atoms with Gasteiger partial charge in [0.15, 0.2) is 11.6 Å². The van der Waals surface area contributed by atoms with Crippen LogP contribution in [0.3, 0.4) is 0 Å². The lowest BCUT2D eigenvalue weighted by Crippen LogP contribution is -2.55. The Kier molecular flexibility index (Phi) is 3.31. The Morgan fingerprint density at radius 2 is 1.94 bits per heavy atom. The maximum atomic E-state index is 13.1. The predicted octanol–water partition coefficient (Wildman–Crippen LogP) is 2.15. The number of nitrogens with one attached hydrogen (secondary N) is 1. The molecule has 0 radical (unpaired) electrons. The van der Waals surface area contributed by atoms with Gasteiger partial charge < -0.3 is 10.2 Å². The highest BCUT2D eigenvalue weighted by Gasteiger charge is 2.33. The van der Waals surface area contributed by atoms with Gasteiger partial charge in [-0.2, -0.15) is 0 Å². The fourth-order valence-corrected chi connectivity index (χ4v) is 3.09. The van der Waals surface area contributed by atoms with E-state index in [1.165, 1.54) is 38.1 Å². The lowest BCUT2D eigenvalue weighted by Gasteiger charge is -2.45. The average molecular weight is 252 g/mol. The summed E-state index contributed by atoms with van der Waals surface area (Å²) in [5, 5.41) is 3.49. The van der Waals surface area contributed by atoms with Crippen molar-refractivity contribution in [1.82, 2.24) is 10.2 Å². The second kappa shape index (κ2) is 4.94. The van der Waals surface area contributed by atoms with Crippen molar-refractivity contribution in [2.75, 3.05) is 19.6 Å². The molecule has 3 saturated heterocycles. The number of nitrogens with zero attached hydrogens (tertiary/aromatic N) is 1. The Morgan fingerprint density at radius 1 is 1.17 bits per heavy atom. The second-order valence-corrected chi connectivity index (χ2v) is 5.37. The molecular weight excluding hydrogens is 234 g/mol. The predicted molar refractivity (Wildman–Crippen MR) is 66.1 cm³/mol. The summed E-state index contributed by atoms with van der Waals surface area (Å²) in [5.41, 5.74) is 0.811. The fraction of sp³-hybridized carbons (Fsp3) is 0.571. The third kappa shape index (κ3) is 2.40. The van der Waals surface area contributed by atoms with Crippen LogP contribution in [0.5, 0.6) is 0 Å². The van der Waals surface area contributed by atoms with E-state index in [1.54, 1.807) is 6.07 Å². The Balaban J connectivity index is 1.59. The highest BCUT2D eigenvalue weighted by molar-refractivity contribution is 5.17. The zero-order valence-electron chi connectivity index (χ0n) is 10.3. The van der Waals surface area contributed by atoms with E-state index in [4.69, 9.17) is 0 Å². The normalized spacial score (nSPS) is 30.7. The van der Waals surface area contributed by atoms with E-state index in [1.807, 2.05) is 0 Å². The quantitative estimate of drug-likeness (QED) is 0.886. The summed E-state index contributed by atoms with van der Waals surface area (Å²) in [4.78, 5) is 2.48. The van der Waals surface area contributed by atoms with Crippen LogP contribution in [-0.2, 0) is 6.54 Å².